The first-order chi connectivity index (χ1) is 37.1. The predicted molar refractivity (Wildman–Crippen MR) is 320 cm³/mol. The molecule has 1 aliphatic heterocycles. The summed E-state index contributed by atoms with van der Waals surface area (Å²) in [7, 11) is 0. The second-order valence-electron chi connectivity index (χ2n) is 20.9. The Morgan fingerprint density at radius 2 is 1.05 bits per heavy atom. The van der Waals surface area contributed by atoms with Crippen molar-refractivity contribution in [2.24, 2.45) is 0 Å². The summed E-state index contributed by atoms with van der Waals surface area (Å²) in [5.74, 6) is 1.71. The zero-order valence-corrected chi connectivity index (χ0v) is 43.8. The van der Waals surface area contributed by atoms with E-state index in [2.05, 4.69) is 262 Å². The minimum Gasteiger partial charge on any atom is -0.135 e. The highest BCUT2D eigenvalue weighted by Crippen LogP contribution is 2.59. The maximum Gasteiger partial charge on any atom is 0.0713 e. The fourth-order valence-corrected chi connectivity index (χ4v) is 15.5. The monoisotopic (exact) mass is 996 g/mol. The van der Waals surface area contributed by atoms with Gasteiger partial charge in [0.2, 0.25) is 0 Å². The molecule has 75 heavy (non-hydrogen) atoms. The summed E-state index contributed by atoms with van der Waals surface area (Å²) in [6.45, 7) is 2.49. The highest BCUT2D eigenvalue weighted by molar-refractivity contribution is 7.98. The summed E-state index contributed by atoms with van der Waals surface area (Å²) in [5.41, 5.74) is 19.9. The van der Waals surface area contributed by atoms with Gasteiger partial charge in [0.05, 0.1) is 5.41 Å². The summed E-state index contributed by atoms with van der Waals surface area (Å²) in [4.78, 5) is 1.39. The molecule has 14 rings (SSSR count). The van der Waals surface area contributed by atoms with E-state index in [1.807, 2.05) is 23.1 Å². The molecule has 0 nitrogen and oxygen atoms in total. The smallest absolute Gasteiger partial charge is 0.0713 e. The van der Waals surface area contributed by atoms with Crippen LogP contribution in [0.3, 0.4) is 0 Å². The summed E-state index contributed by atoms with van der Waals surface area (Å²) >= 11 is 3.90. The molecule has 0 radical (unpaired) electrons. The third-order valence-electron chi connectivity index (χ3n) is 16.9. The Morgan fingerprint density at radius 1 is 0.440 bits per heavy atom. The lowest BCUT2D eigenvalue weighted by Gasteiger charge is -2.35. The second kappa shape index (κ2) is 19.2. The molecule has 2 heterocycles. The van der Waals surface area contributed by atoms with Crippen LogP contribution in [0.4, 0.5) is 0 Å². The Bertz CT molecular complexity index is 4020. The fraction of sp³-hybridized carbons (Fsp3) is 0.123. The second-order valence-corrected chi connectivity index (χ2v) is 23.0. The number of benzene rings is 11. The average molecular weight is 997 g/mol. The Labute approximate surface area is 449 Å². The van der Waals surface area contributed by atoms with Gasteiger partial charge in [-0.25, -0.2) is 0 Å². The lowest BCUT2D eigenvalue weighted by atomic mass is 9.66. The summed E-state index contributed by atoms with van der Waals surface area (Å²) < 4.78 is 2.71. The van der Waals surface area contributed by atoms with Crippen LogP contribution in [0, 0.1) is 0 Å². The molecule has 2 heteroatoms. The van der Waals surface area contributed by atoms with Crippen LogP contribution in [0.1, 0.15) is 92.3 Å². The van der Waals surface area contributed by atoms with Crippen molar-refractivity contribution >= 4 is 54.0 Å². The van der Waals surface area contributed by atoms with Gasteiger partial charge < -0.3 is 0 Å². The number of aryl methyl sites for hydroxylation is 1. The highest BCUT2D eigenvalue weighted by Gasteiger charge is 2.47. The van der Waals surface area contributed by atoms with Gasteiger partial charge in [0, 0.05) is 36.7 Å². The number of fused-ring (bicyclic) bond motifs is 11. The molecule has 0 bridgehead atoms. The van der Waals surface area contributed by atoms with E-state index in [9.17, 15) is 0 Å². The van der Waals surface area contributed by atoms with Crippen LogP contribution < -0.4 is 0 Å². The van der Waals surface area contributed by atoms with Gasteiger partial charge in [-0.2, -0.15) is 0 Å². The van der Waals surface area contributed by atoms with Crippen molar-refractivity contribution in [1.82, 2.24) is 0 Å². The van der Waals surface area contributed by atoms with E-state index < -0.39 is 5.41 Å². The van der Waals surface area contributed by atoms with Gasteiger partial charge in [-0.15, -0.1) is 23.1 Å². The van der Waals surface area contributed by atoms with Crippen LogP contribution in [0.5, 0.6) is 0 Å². The maximum absolute atomic E-state index is 2.64. The van der Waals surface area contributed by atoms with E-state index in [4.69, 9.17) is 0 Å². The number of hydrogen-bond acceptors (Lipinski definition) is 2. The highest BCUT2D eigenvalue weighted by atomic mass is 32.2. The number of rotatable bonds is 12. The van der Waals surface area contributed by atoms with E-state index in [1.54, 1.807) is 0 Å². The molecule has 1 aromatic heterocycles. The van der Waals surface area contributed by atoms with E-state index in [0.717, 1.165) is 25.0 Å². The van der Waals surface area contributed by atoms with Gasteiger partial charge in [0.1, 0.15) is 0 Å². The normalized spacial score (nSPS) is 14.5. The van der Waals surface area contributed by atoms with Crippen molar-refractivity contribution < 1.29 is 0 Å². The van der Waals surface area contributed by atoms with Crippen molar-refractivity contribution in [3.63, 3.8) is 0 Å². The Kier molecular flexibility index (Phi) is 11.7. The number of thiophene rings is 1. The summed E-state index contributed by atoms with van der Waals surface area (Å²) in [5, 5.41) is 5.38. The maximum atomic E-state index is 2.64. The molecule has 0 saturated heterocycles. The molecule has 2 aliphatic rings. The SMILES string of the molecule is CC(c1ccc2c(c1)C(c1ccccc1)(c1ccccc1)c1cc(CCC(c3ccccc3)c3ccc4c(c3)sc3ccccc34)c3ccccc3c1-2)C(Cc1ccccc1)c1ccc2c(c1)SCc1ccccc1-2. The van der Waals surface area contributed by atoms with E-state index in [-0.39, 0.29) is 17.8 Å². The van der Waals surface area contributed by atoms with Gasteiger partial charge in [-0.3, -0.25) is 0 Å². The van der Waals surface area contributed by atoms with E-state index >= 15 is 0 Å². The van der Waals surface area contributed by atoms with Crippen LogP contribution in [-0.2, 0) is 24.0 Å². The largest absolute Gasteiger partial charge is 0.135 e. The molecule has 12 aromatic rings. The van der Waals surface area contributed by atoms with Gasteiger partial charge in [0.25, 0.3) is 0 Å². The minimum atomic E-state index is -0.558. The zero-order valence-electron chi connectivity index (χ0n) is 42.1. The van der Waals surface area contributed by atoms with Crippen molar-refractivity contribution in [2.45, 2.75) is 60.0 Å². The third kappa shape index (κ3) is 7.88. The lowest BCUT2D eigenvalue weighted by Crippen LogP contribution is -2.29. The minimum absolute atomic E-state index is 0.219. The number of thioether (sulfide) groups is 1. The molecule has 0 saturated carbocycles. The molecule has 3 atom stereocenters. The van der Waals surface area contributed by atoms with Crippen molar-refractivity contribution in [2.75, 3.05) is 0 Å². The van der Waals surface area contributed by atoms with E-state index in [1.165, 1.54) is 119 Å². The van der Waals surface area contributed by atoms with Crippen molar-refractivity contribution in [3.05, 3.63) is 316 Å². The molecular formula is C73H56S2. The third-order valence-corrected chi connectivity index (χ3v) is 19.2. The van der Waals surface area contributed by atoms with Gasteiger partial charge >= 0.3 is 0 Å². The van der Waals surface area contributed by atoms with Crippen LogP contribution >= 0.6 is 23.1 Å². The Balaban J connectivity index is 0.922. The van der Waals surface area contributed by atoms with Crippen molar-refractivity contribution in [1.29, 1.82) is 0 Å². The molecule has 0 amide bonds. The first-order valence-electron chi connectivity index (χ1n) is 26.8. The average Bonchev–Trinajstić information content (AvgIpc) is 4.03. The molecule has 0 spiro atoms. The van der Waals surface area contributed by atoms with Gasteiger partial charge in [-0.1, -0.05) is 244 Å². The van der Waals surface area contributed by atoms with Gasteiger partial charge in [0.15, 0.2) is 0 Å². The van der Waals surface area contributed by atoms with Crippen LogP contribution in [0.15, 0.2) is 260 Å². The molecule has 11 aromatic carbocycles. The molecule has 360 valence electrons. The first-order valence-corrected chi connectivity index (χ1v) is 28.6. The quantitative estimate of drug-likeness (QED) is 0.118. The summed E-state index contributed by atoms with van der Waals surface area (Å²) in [6, 6.07) is 97.2. The Hall–Kier alpha value is -7.75. The van der Waals surface area contributed by atoms with Crippen molar-refractivity contribution in [3.8, 4) is 22.3 Å². The van der Waals surface area contributed by atoms with Crippen LogP contribution in [0.25, 0.3) is 53.2 Å². The molecular weight excluding hydrogens is 941 g/mol. The topological polar surface area (TPSA) is 0 Å². The molecule has 0 N–H and O–H groups in total. The molecule has 1 aliphatic carbocycles. The fourth-order valence-electron chi connectivity index (χ4n) is 13.3. The predicted octanol–water partition coefficient (Wildman–Crippen LogP) is 19.7. The molecule has 3 unspecified atom stereocenters. The van der Waals surface area contributed by atoms with Gasteiger partial charge in [-0.05, 0) is 144 Å². The summed E-state index contributed by atoms with van der Waals surface area (Å²) in [6.07, 6.45) is 2.87. The molecule has 0 fully saturated rings. The standard InChI is InChI=1S/C73H56S2/c1-48(66(42-49-20-6-2-7-21-49)54-37-39-62-60-30-15-14-24-55(60)47-74-70(62)45-54)51-34-41-65-67(43-51)73(56-25-10-4-11-26-56,57-27-12-5-13-28-57)68-44-52(59-29-16-17-32-64(59)72(65)68)35-38-58(50-22-8-3-9-23-50)53-36-40-63-61-31-18-19-33-69(61)75-71(63)46-53/h2-34,36-37,39-41,43-46,48,58,66H,35,38,42,47H2,1H3. The van der Waals surface area contributed by atoms with Crippen LogP contribution in [-0.4, -0.2) is 0 Å². The Morgan fingerprint density at radius 3 is 1.83 bits per heavy atom. The van der Waals surface area contributed by atoms with Crippen LogP contribution in [0.2, 0.25) is 0 Å². The zero-order chi connectivity index (χ0) is 49.9. The first kappa shape index (κ1) is 45.8. The lowest BCUT2D eigenvalue weighted by molar-refractivity contribution is 0.570. The number of hydrogen-bond donors (Lipinski definition) is 0. The van der Waals surface area contributed by atoms with E-state index in [0.29, 0.717) is 0 Å².